The molecule has 5 heteroatoms. The molecule has 23 heavy (non-hydrogen) atoms. The van der Waals surface area contributed by atoms with Crippen molar-refractivity contribution in [1.29, 1.82) is 0 Å². The van der Waals surface area contributed by atoms with Gasteiger partial charge < -0.3 is 9.64 Å². The van der Waals surface area contributed by atoms with Crippen molar-refractivity contribution < 1.29 is 9.53 Å². The molecule has 0 unspecified atom stereocenters. The number of rotatable bonds is 6. The van der Waals surface area contributed by atoms with E-state index in [1.54, 1.807) is 7.11 Å². The largest absolute Gasteiger partial charge is 0.383 e. The first-order valence-electron chi connectivity index (χ1n) is 9.43. The average molecular weight is 325 g/mol. The molecular formula is C18H35N3O2. The normalized spacial score (nSPS) is 26.0. The van der Waals surface area contributed by atoms with Gasteiger partial charge in [0.25, 0.3) is 0 Å². The second kappa shape index (κ2) is 9.60. The van der Waals surface area contributed by atoms with Gasteiger partial charge in [-0.2, -0.15) is 0 Å². The Morgan fingerprint density at radius 1 is 1.13 bits per heavy atom. The van der Waals surface area contributed by atoms with Crippen LogP contribution in [0.4, 0.5) is 0 Å². The smallest absolute Gasteiger partial charge is 0.239 e. The van der Waals surface area contributed by atoms with Crippen molar-refractivity contribution in [2.75, 3.05) is 53.0 Å². The molecule has 0 saturated carbocycles. The first kappa shape index (κ1) is 18.7. The molecule has 0 aromatic carbocycles. The summed E-state index contributed by atoms with van der Waals surface area (Å²) < 4.78 is 5.23. The fourth-order valence-corrected chi connectivity index (χ4v) is 3.87. The Morgan fingerprint density at radius 2 is 1.83 bits per heavy atom. The Labute approximate surface area is 141 Å². The topological polar surface area (TPSA) is 36.0 Å². The van der Waals surface area contributed by atoms with E-state index in [0.29, 0.717) is 11.9 Å². The number of methoxy groups -OCH3 is 1. The van der Waals surface area contributed by atoms with Gasteiger partial charge in [-0.1, -0.05) is 19.8 Å². The Hall–Kier alpha value is -0.650. The molecule has 0 bridgehead atoms. The Kier molecular flexibility index (Phi) is 7.80. The van der Waals surface area contributed by atoms with Gasteiger partial charge in [0.1, 0.15) is 0 Å². The minimum absolute atomic E-state index is 0.0201. The predicted molar refractivity (Wildman–Crippen MR) is 93.6 cm³/mol. The first-order chi connectivity index (χ1) is 11.2. The van der Waals surface area contributed by atoms with Crippen LogP contribution < -0.4 is 0 Å². The van der Waals surface area contributed by atoms with Gasteiger partial charge in [0.05, 0.1) is 12.6 Å². The third-order valence-corrected chi connectivity index (χ3v) is 5.51. The van der Waals surface area contributed by atoms with Crippen LogP contribution in [0.15, 0.2) is 0 Å². The summed E-state index contributed by atoms with van der Waals surface area (Å²) in [7, 11) is 1.76. The fourth-order valence-electron chi connectivity index (χ4n) is 3.87. The lowest BCUT2D eigenvalue weighted by Crippen LogP contribution is -2.58. The molecule has 2 heterocycles. The monoisotopic (exact) mass is 325 g/mol. The van der Waals surface area contributed by atoms with E-state index in [1.165, 1.54) is 25.7 Å². The van der Waals surface area contributed by atoms with Gasteiger partial charge >= 0.3 is 0 Å². The SMILES string of the molecule is CC[C@@H]1CN([C@H](C)C(=O)N2CCCCCC2)CCN1CCOC. The standard InChI is InChI=1S/C18H35N3O2/c1-4-17-15-21(12-11-19(17)13-14-23-3)16(2)18(22)20-9-7-5-6-8-10-20/h16-17H,4-15H2,1-3H3/t16-,17-/m1/s1. The van der Waals surface area contributed by atoms with E-state index < -0.39 is 0 Å². The van der Waals surface area contributed by atoms with E-state index in [1.807, 2.05) is 0 Å². The van der Waals surface area contributed by atoms with Crippen LogP contribution in [-0.2, 0) is 9.53 Å². The van der Waals surface area contributed by atoms with Gasteiger partial charge in [0.15, 0.2) is 0 Å². The van der Waals surface area contributed by atoms with Crippen LogP contribution in [0.2, 0.25) is 0 Å². The lowest BCUT2D eigenvalue weighted by molar-refractivity contribution is -0.137. The molecular weight excluding hydrogens is 290 g/mol. The maximum atomic E-state index is 12.8. The zero-order chi connectivity index (χ0) is 16.7. The maximum Gasteiger partial charge on any atom is 0.239 e. The molecule has 2 rings (SSSR count). The molecule has 2 saturated heterocycles. The van der Waals surface area contributed by atoms with Crippen molar-refractivity contribution in [2.24, 2.45) is 0 Å². The number of likely N-dealkylation sites (tertiary alicyclic amines) is 1. The second-order valence-corrected chi connectivity index (χ2v) is 7.00. The highest BCUT2D eigenvalue weighted by atomic mass is 16.5. The van der Waals surface area contributed by atoms with Gasteiger partial charge in [-0.3, -0.25) is 14.6 Å². The summed E-state index contributed by atoms with van der Waals surface area (Å²) in [6.45, 7) is 11.1. The molecule has 0 spiro atoms. The van der Waals surface area contributed by atoms with Crippen molar-refractivity contribution in [3.8, 4) is 0 Å². The first-order valence-corrected chi connectivity index (χ1v) is 9.43. The average Bonchev–Trinajstić information content (AvgIpc) is 2.87. The van der Waals surface area contributed by atoms with Crippen LogP contribution in [0.5, 0.6) is 0 Å². The van der Waals surface area contributed by atoms with E-state index in [2.05, 4.69) is 28.5 Å². The number of ether oxygens (including phenoxy) is 1. The van der Waals surface area contributed by atoms with Crippen LogP contribution in [0, 0.1) is 0 Å². The van der Waals surface area contributed by atoms with E-state index in [4.69, 9.17) is 4.74 Å². The number of hydrogen-bond acceptors (Lipinski definition) is 4. The molecule has 134 valence electrons. The number of carbonyl (C=O) groups is 1. The lowest BCUT2D eigenvalue weighted by Gasteiger charge is -2.43. The zero-order valence-corrected chi connectivity index (χ0v) is 15.3. The summed E-state index contributed by atoms with van der Waals surface area (Å²) in [6, 6.07) is 0.560. The van der Waals surface area contributed by atoms with Crippen LogP contribution >= 0.6 is 0 Å². The van der Waals surface area contributed by atoms with Crippen LogP contribution in [0.25, 0.3) is 0 Å². The molecule has 5 nitrogen and oxygen atoms in total. The van der Waals surface area contributed by atoms with Crippen molar-refractivity contribution in [2.45, 2.75) is 58.0 Å². The summed E-state index contributed by atoms with van der Waals surface area (Å²) in [5, 5.41) is 0. The highest BCUT2D eigenvalue weighted by Crippen LogP contribution is 2.18. The molecule has 1 amide bonds. The molecule has 2 atom stereocenters. The minimum atomic E-state index is 0.0201. The molecule has 2 fully saturated rings. The van der Waals surface area contributed by atoms with Gasteiger partial charge in [0, 0.05) is 52.4 Å². The fraction of sp³-hybridized carbons (Fsp3) is 0.944. The van der Waals surface area contributed by atoms with Gasteiger partial charge in [-0.05, 0) is 26.2 Å². The number of piperazine rings is 1. The van der Waals surface area contributed by atoms with E-state index in [9.17, 15) is 4.79 Å². The Bertz CT molecular complexity index is 356. The second-order valence-electron chi connectivity index (χ2n) is 7.00. The van der Waals surface area contributed by atoms with Crippen molar-refractivity contribution in [1.82, 2.24) is 14.7 Å². The summed E-state index contributed by atoms with van der Waals surface area (Å²) >= 11 is 0. The Morgan fingerprint density at radius 3 is 2.43 bits per heavy atom. The summed E-state index contributed by atoms with van der Waals surface area (Å²) in [5.74, 6) is 0.340. The molecule has 0 N–H and O–H groups in total. The van der Waals surface area contributed by atoms with Crippen LogP contribution in [-0.4, -0.2) is 85.7 Å². The maximum absolute atomic E-state index is 12.8. The van der Waals surface area contributed by atoms with Crippen molar-refractivity contribution in [3.05, 3.63) is 0 Å². The Balaban J connectivity index is 1.89. The zero-order valence-electron chi connectivity index (χ0n) is 15.3. The molecule has 2 aliphatic rings. The summed E-state index contributed by atoms with van der Waals surface area (Å²) in [5.41, 5.74) is 0. The van der Waals surface area contributed by atoms with Crippen molar-refractivity contribution in [3.63, 3.8) is 0 Å². The third kappa shape index (κ3) is 5.16. The highest BCUT2D eigenvalue weighted by Gasteiger charge is 2.32. The molecule has 0 aromatic rings. The lowest BCUT2D eigenvalue weighted by atomic mass is 10.1. The molecule has 0 radical (unpaired) electrons. The predicted octanol–water partition coefficient (Wildman–Crippen LogP) is 1.82. The van der Waals surface area contributed by atoms with E-state index in [0.717, 1.165) is 52.3 Å². The van der Waals surface area contributed by atoms with Gasteiger partial charge in [-0.25, -0.2) is 0 Å². The number of amides is 1. The summed E-state index contributed by atoms with van der Waals surface area (Å²) in [4.78, 5) is 19.9. The number of carbonyl (C=O) groups excluding carboxylic acids is 1. The van der Waals surface area contributed by atoms with Crippen LogP contribution in [0.1, 0.15) is 46.0 Å². The van der Waals surface area contributed by atoms with Gasteiger partial charge in [-0.15, -0.1) is 0 Å². The minimum Gasteiger partial charge on any atom is -0.383 e. The summed E-state index contributed by atoms with van der Waals surface area (Å²) in [6.07, 6.45) is 6.01. The number of hydrogen-bond donors (Lipinski definition) is 0. The number of nitrogens with zero attached hydrogens (tertiary/aromatic N) is 3. The molecule has 0 aliphatic carbocycles. The van der Waals surface area contributed by atoms with Crippen LogP contribution in [0.3, 0.4) is 0 Å². The van der Waals surface area contributed by atoms with E-state index in [-0.39, 0.29) is 6.04 Å². The van der Waals surface area contributed by atoms with E-state index >= 15 is 0 Å². The van der Waals surface area contributed by atoms with Gasteiger partial charge in [0.2, 0.25) is 5.91 Å². The third-order valence-electron chi connectivity index (χ3n) is 5.51. The van der Waals surface area contributed by atoms with Crippen molar-refractivity contribution >= 4 is 5.91 Å². The highest BCUT2D eigenvalue weighted by molar-refractivity contribution is 5.81. The molecule has 0 aromatic heterocycles. The quantitative estimate of drug-likeness (QED) is 0.746. The molecule has 2 aliphatic heterocycles.